The molecule has 0 atom stereocenters. The zero-order chi connectivity index (χ0) is 14.6. The Hall–Kier alpha value is -1.59. The molecule has 1 rings (SSSR count). The average molecular weight is 282 g/mol. The molecule has 5 heteroatoms. The van der Waals surface area contributed by atoms with Gasteiger partial charge in [-0.3, -0.25) is 4.79 Å². The first-order valence-corrected chi connectivity index (χ1v) is 6.76. The van der Waals surface area contributed by atoms with Crippen LogP contribution >= 0.6 is 0 Å². The first kappa shape index (κ1) is 16.5. The van der Waals surface area contributed by atoms with Crippen molar-refractivity contribution in [3.8, 4) is 11.5 Å². The maximum Gasteiger partial charge on any atom is 0.313 e. The third kappa shape index (κ3) is 7.11. The first-order valence-electron chi connectivity index (χ1n) is 6.76. The van der Waals surface area contributed by atoms with Gasteiger partial charge in [-0.05, 0) is 25.5 Å². The van der Waals surface area contributed by atoms with Crippen molar-refractivity contribution in [3.05, 3.63) is 24.3 Å². The number of methoxy groups -OCH3 is 1. The Morgan fingerprint density at radius 3 is 2.70 bits per heavy atom. The first-order chi connectivity index (χ1) is 9.76. The summed E-state index contributed by atoms with van der Waals surface area (Å²) in [7, 11) is 1.65. The molecule has 1 aromatic rings. The second-order valence-corrected chi connectivity index (χ2v) is 4.09. The Balaban J connectivity index is 2.23. The van der Waals surface area contributed by atoms with Crippen molar-refractivity contribution in [2.75, 3.05) is 33.5 Å². The van der Waals surface area contributed by atoms with Crippen LogP contribution in [0.3, 0.4) is 0 Å². The molecule has 20 heavy (non-hydrogen) atoms. The van der Waals surface area contributed by atoms with Gasteiger partial charge in [0, 0.05) is 26.4 Å². The van der Waals surface area contributed by atoms with Crippen LogP contribution in [-0.4, -0.2) is 39.5 Å². The molecule has 0 saturated heterocycles. The second kappa shape index (κ2) is 10.2. The molecule has 112 valence electrons. The van der Waals surface area contributed by atoms with Crippen LogP contribution in [0.15, 0.2) is 24.3 Å². The van der Waals surface area contributed by atoms with E-state index >= 15 is 0 Å². The van der Waals surface area contributed by atoms with E-state index in [1.54, 1.807) is 25.3 Å². The van der Waals surface area contributed by atoms with E-state index in [1.165, 1.54) is 0 Å². The van der Waals surface area contributed by atoms with Gasteiger partial charge in [0.05, 0.1) is 19.6 Å². The minimum absolute atomic E-state index is 0.228. The fourth-order valence-electron chi connectivity index (χ4n) is 1.54. The highest BCUT2D eigenvalue weighted by Crippen LogP contribution is 2.19. The van der Waals surface area contributed by atoms with Crippen LogP contribution in [-0.2, 0) is 14.3 Å². The predicted molar refractivity (Wildman–Crippen MR) is 75.2 cm³/mol. The average Bonchev–Trinajstić information content (AvgIpc) is 2.43. The zero-order valence-corrected chi connectivity index (χ0v) is 12.1. The van der Waals surface area contributed by atoms with Crippen LogP contribution < -0.4 is 9.47 Å². The van der Waals surface area contributed by atoms with Crippen molar-refractivity contribution in [3.63, 3.8) is 0 Å². The molecule has 0 saturated carbocycles. The predicted octanol–water partition coefficient (Wildman–Crippen LogP) is 2.43. The molecule has 0 unspecified atom stereocenters. The molecule has 1 aromatic carbocycles. The zero-order valence-electron chi connectivity index (χ0n) is 12.1. The monoisotopic (exact) mass is 282 g/mol. The lowest BCUT2D eigenvalue weighted by molar-refractivity contribution is -0.135. The van der Waals surface area contributed by atoms with E-state index in [1.807, 2.05) is 13.0 Å². The molecule has 0 fully saturated rings. The van der Waals surface area contributed by atoms with Crippen LogP contribution in [0.5, 0.6) is 11.5 Å². The van der Waals surface area contributed by atoms with E-state index in [9.17, 15) is 4.79 Å². The van der Waals surface area contributed by atoms with Crippen LogP contribution in [0.1, 0.15) is 19.8 Å². The molecule has 0 aliphatic carbocycles. The van der Waals surface area contributed by atoms with Crippen molar-refractivity contribution in [1.82, 2.24) is 0 Å². The molecule has 0 radical (unpaired) electrons. The minimum Gasteiger partial charge on any atom is -0.494 e. The highest BCUT2D eigenvalue weighted by Gasteiger charge is 2.05. The number of ether oxygens (including phenoxy) is 4. The van der Waals surface area contributed by atoms with Gasteiger partial charge in [-0.2, -0.15) is 0 Å². The molecular weight excluding hydrogens is 260 g/mol. The van der Waals surface area contributed by atoms with Gasteiger partial charge in [0.2, 0.25) is 0 Å². The Morgan fingerprint density at radius 1 is 1.15 bits per heavy atom. The summed E-state index contributed by atoms with van der Waals surface area (Å²) in [6.45, 7) is 4.08. The second-order valence-electron chi connectivity index (χ2n) is 4.09. The Bertz CT molecular complexity index is 392. The molecule has 0 heterocycles. The molecule has 0 N–H and O–H groups in total. The van der Waals surface area contributed by atoms with Gasteiger partial charge in [0.25, 0.3) is 0 Å². The lowest BCUT2D eigenvalue weighted by Gasteiger charge is -2.07. The van der Waals surface area contributed by atoms with Crippen LogP contribution in [0.2, 0.25) is 0 Å². The maximum absolute atomic E-state index is 11.6. The third-order valence-electron chi connectivity index (χ3n) is 2.44. The SMILES string of the molecule is CCOc1cccc(OC(=O)CCOCCCOC)c1. The number of carbonyl (C=O) groups is 1. The van der Waals surface area contributed by atoms with Gasteiger partial charge in [-0.25, -0.2) is 0 Å². The molecule has 0 aliphatic rings. The van der Waals surface area contributed by atoms with E-state index in [-0.39, 0.29) is 12.4 Å². The summed E-state index contributed by atoms with van der Waals surface area (Å²) in [5.74, 6) is 0.860. The fourth-order valence-corrected chi connectivity index (χ4v) is 1.54. The van der Waals surface area contributed by atoms with Crippen molar-refractivity contribution < 1.29 is 23.7 Å². The van der Waals surface area contributed by atoms with Crippen LogP contribution in [0.4, 0.5) is 0 Å². The summed E-state index contributed by atoms with van der Waals surface area (Å²) in [5, 5.41) is 0. The van der Waals surface area contributed by atoms with Gasteiger partial charge in [0.15, 0.2) is 0 Å². The van der Waals surface area contributed by atoms with Gasteiger partial charge in [-0.15, -0.1) is 0 Å². The van der Waals surface area contributed by atoms with E-state index in [2.05, 4.69) is 0 Å². The number of hydrogen-bond donors (Lipinski definition) is 0. The number of hydrogen-bond acceptors (Lipinski definition) is 5. The topological polar surface area (TPSA) is 54.0 Å². The van der Waals surface area contributed by atoms with Gasteiger partial charge in [0.1, 0.15) is 11.5 Å². The number of rotatable bonds is 10. The number of benzene rings is 1. The standard InChI is InChI=1S/C15H22O5/c1-3-19-13-6-4-7-14(12-13)20-15(16)8-11-18-10-5-9-17-2/h4,6-7,12H,3,5,8-11H2,1-2H3. The minimum atomic E-state index is -0.314. The quantitative estimate of drug-likeness (QED) is 0.375. The van der Waals surface area contributed by atoms with Crippen molar-refractivity contribution in [1.29, 1.82) is 0 Å². The molecular formula is C15H22O5. The summed E-state index contributed by atoms with van der Waals surface area (Å²) in [6.07, 6.45) is 1.05. The molecule has 0 aromatic heterocycles. The Kier molecular flexibility index (Phi) is 8.42. The highest BCUT2D eigenvalue weighted by atomic mass is 16.5. The third-order valence-corrected chi connectivity index (χ3v) is 2.44. The molecule has 0 spiro atoms. The number of esters is 1. The number of carbonyl (C=O) groups excluding carboxylic acids is 1. The molecule has 5 nitrogen and oxygen atoms in total. The maximum atomic E-state index is 11.6. The largest absolute Gasteiger partial charge is 0.494 e. The normalized spacial score (nSPS) is 10.3. The summed E-state index contributed by atoms with van der Waals surface area (Å²) < 4.78 is 20.7. The summed E-state index contributed by atoms with van der Waals surface area (Å²) in [6, 6.07) is 7.02. The Morgan fingerprint density at radius 2 is 1.95 bits per heavy atom. The van der Waals surface area contributed by atoms with Crippen LogP contribution in [0, 0.1) is 0 Å². The van der Waals surface area contributed by atoms with Gasteiger partial charge >= 0.3 is 5.97 Å². The van der Waals surface area contributed by atoms with E-state index in [0.717, 1.165) is 6.42 Å². The Labute approximate surface area is 119 Å². The molecule has 0 bridgehead atoms. The lowest BCUT2D eigenvalue weighted by Crippen LogP contribution is -2.12. The fraction of sp³-hybridized carbons (Fsp3) is 0.533. The molecule has 0 amide bonds. The lowest BCUT2D eigenvalue weighted by atomic mass is 10.3. The van der Waals surface area contributed by atoms with Gasteiger partial charge < -0.3 is 18.9 Å². The highest BCUT2D eigenvalue weighted by molar-refractivity contribution is 5.72. The van der Waals surface area contributed by atoms with E-state index in [0.29, 0.717) is 37.9 Å². The van der Waals surface area contributed by atoms with E-state index in [4.69, 9.17) is 18.9 Å². The van der Waals surface area contributed by atoms with Crippen molar-refractivity contribution in [2.24, 2.45) is 0 Å². The summed E-state index contributed by atoms with van der Waals surface area (Å²) >= 11 is 0. The van der Waals surface area contributed by atoms with Gasteiger partial charge in [-0.1, -0.05) is 6.07 Å². The smallest absolute Gasteiger partial charge is 0.313 e. The molecule has 0 aliphatic heterocycles. The summed E-state index contributed by atoms with van der Waals surface area (Å²) in [5.41, 5.74) is 0. The van der Waals surface area contributed by atoms with Crippen molar-refractivity contribution >= 4 is 5.97 Å². The van der Waals surface area contributed by atoms with E-state index < -0.39 is 0 Å². The van der Waals surface area contributed by atoms with Crippen molar-refractivity contribution in [2.45, 2.75) is 19.8 Å². The van der Waals surface area contributed by atoms with Crippen LogP contribution in [0.25, 0.3) is 0 Å². The summed E-state index contributed by atoms with van der Waals surface area (Å²) in [4.78, 5) is 11.6.